The second-order valence-electron chi connectivity index (χ2n) is 5.64. The first-order valence-electron chi connectivity index (χ1n) is 8.29. The Morgan fingerprint density at radius 2 is 1.42 bits per heavy atom. The molecule has 0 fully saturated rings. The van der Waals surface area contributed by atoms with E-state index in [0.29, 0.717) is 29.8 Å². The number of hydrogen-bond donors (Lipinski definition) is 1. The van der Waals surface area contributed by atoms with E-state index < -0.39 is 0 Å². The number of nitrogens with one attached hydrogen (secondary N) is 1. The molecule has 3 aromatic rings. The van der Waals surface area contributed by atoms with Crippen LogP contribution in [0.5, 0.6) is 11.5 Å². The highest BCUT2D eigenvalue weighted by atomic mass is 35.5. The summed E-state index contributed by atoms with van der Waals surface area (Å²) in [6.07, 6.45) is 0. The summed E-state index contributed by atoms with van der Waals surface area (Å²) >= 11 is 12.0. The molecular formula is C21H19Cl2NO2. The van der Waals surface area contributed by atoms with Gasteiger partial charge in [-0.3, -0.25) is 0 Å². The van der Waals surface area contributed by atoms with E-state index >= 15 is 0 Å². The van der Waals surface area contributed by atoms with Crippen LogP contribution in [-0.4, -0.2) is 13.2 Å². The van der Waals surface area contributed by atoms with Crippen molar-refractivity contribution in [1.82, 2.24) is 0 Å². The minimum Gasteiger partial charge on any atom is -0.490 e. The maximum absolute atomic E-state index is 6.03. The van der Waals surface area contributed by atoms with Gasteiger partial charge in [0.15, 0.2) is 0 Å². The lowest BCUT2D eigenvalue weighted by atomic mass is 10.2. The smallest absolute Gasteiger partial charge is 0.122 e. The van der Waals surface area contributed by atoms with Crippen LogP contribution in [0, 0.1) is 0 Å². The largest absolute Gasteiger partial charge is 0.490 e. The molecule has 0 saturated carbocycles. The van der Waals surface area contributed by atoms with Gasteiger partial charge in [-0.1, -0.05) is 53.5 Å². The van der Waals surface area contributed by atoms with Crippen molar-refractivity contribution < 1.29 is 9.47 Å². The molecule has 3 rings (SSSR count). The Balaban J connectivity index is 1.47. The molecule has 0 amide bonds. The Morgan fingerprint density at radius 1 is 0.692 bits per heavy atom. The summed E-state index contributed by atoms with van der Waals surface area (Å²) in [6.45, 7) is 1.64. The minimum atomic E-state index is 0.485. The van der Waals surface area contributed by atoms with Gasteiger partial charge in [-0.15, -0.1) is 0 Å². The van der Waals surface area contributed by atoms with Crippen molar-refractivity contribution in [2.75, 3.05) is 18.5 Å². The summed E-state index contributed by atoms with van der Waals surface area (Å²) in [6, 6.07) is 23.1. The van der Waals surface area contributed by atoms with E-state index in [2.05, 4.69) is 5.32 Å². The second-order valence-corrected chi connectivity index (χ2v) is 6.45. The molecule has 3 aromatic carbocycles. The molecule has 0 unspecified atom stereocenters. The Hall–Kier alpha value is -2.36. The predicted octanol–water partition coefficient (Wildman–Crippen LogP) is 6.06. The Morgan fingerprint density at radius 3 is 2.19 bits per heavy atom. The Labute approximate surface area is 163 Å². The summed E-state index contributed by atoms with van der Waals surface area (Å²) in [5.41, 5.74) is 2.03. The average Bonchev–Trinajstić information content (AvgIpc) is 2.67. The first kappa shape index (κ1) is 18.4. The summed E-state index contributed by atoms with van der Waals surface area (Å²) in [5.74, 6) is 1.66. The summed E-state index contributed by atoms with van der Waals surface area (Å²) in [4.78, 5) is 0. The lowest BCUT2D eigenvalue weighted by molar-refractivity contribution is 0.217. The van der Waals surface area contributed by atoms with Crippen molar-refractivity contribution in [3.63, 3.8) is 0 Å². The summed E-state index contributed by atoms with van der Waals surface area (Å²) < 4.78 is 11.4. The van der Waals surface area contributed by atoms with Crippen LogP contribution in [0.4, 0.5) is 5.69 Å². The lowest BCUT2D eigenvalue weighted by Gasteiger charge is -2.11. The van der Waals surface area contributed by atoms with Gasteiger partial charge >= 0.3 is 0 Å². The molecule has 0 radical (unpaired) electrons. The average molecular weight is 388 g/mol. The second kappa shape index (κ2) is 9.37. The molecule has 0 aliphatic heterocycles. The first-order valence-corrected chi connectivity index (χ1v) is 9.05. The number of para-hydroxylation sites is 1. The first-order chi connectivity index (χ1) is 12.7. The highest BCUT2D eigenvalue weighted by Crippen LogP contribution is 2.25. The van der Waals surface area contributed by atoms with E-state index in [9.17, 15) is 0 Å². The zero-order chi connectivity index (χ0) is 18.2. The van der Waals surface area contributed by atoms with Crippen molar-refractivity contribution in [1.29, 1.82) is 0 Å². The quantitative estimate of drug-likeness (QED) is 0.476. The molecule has 0 aliphatic carbocycles. The maximum Gasteiger partial charge on any atom is 0.122 e. The van der Waals surface area contributed by atoms with E-state index in [1.54, 1.807) is 6.07 Å². The van der Waals surface area contributed by atoms with E-state index in [4.69, 9.17) is 32.7 Å². The Kier molecular flexibility index (Phi) is 6.64. The molecule has 134 valence electrons. The Bertz CT molecular complexity index is 840. The fourth-order valence-corrected chi connectivity index (χ4v) is 2.69. The van der Waals surface area contributed by atoms with Gasteiger partial charge in [-0.05, 0) is 48.0 Å². The molecule has 0 aromatic heterocycles. The van der Waals surface area contributed by atoms with Gasteiger partial charge in [0.2, 0.25) is 0 Å². The van der Waals surface area contributed by atoms with Gasteiger partial charge in [0.05, 0.1) is 10.0 Å². The number of halogens is 2. The van der Waals surface area contributed by atoms with E-state index in [1.165, 1.54) is 0 Å². The molecule has 3 nitrogen and oxygen atoms in total. The van der Waals surface area contributed by atoms with Gasteiger partial charge in [0.1, 0.15) is 24.7 Å². The number of anilines is 1. The highest BCUT2D eigenvalue weighted by molar-refractivity contribution is 6.42. The number of rotatable bonds is 8. The third-order valence-electron chi connectivity index (χ3n) is 3.68. The monoisotopic (exact) mass is 387 g/mol. The van der Waals surface area contributed by atoms with Crippen LogP contribution in [0.3, 0.4) is 0 Å². The van der Waals surface area contributed by atoms with Gasteiger partial charge in [0.25, 0.3) is 0 Å². The van der Waals surface area contributed by atoms with Crippen molar-refractivity contribution in [2.24, 2.45) is 0 Å². The number of hydrogen-bond acceptors (Lipinski definition) is 3. The van der Waals surface area contributed by atoms with E-state index in [0.717, 1.165) is 22.7 Å². The van der Waals surface area contributed by atoms with Crippen LogP contribution in [0.1, 0.15) is 5.56 Å². The molecule has 0 aliphatic rings. The van der Waals surface area contributed by atoms with Crippen molar-refractivity contribution in [3.8, 4) is 11.5 Å². The SMILES string of the molecule is Clc1ccc(NCc2cccc(OCCOc3ccccc3)c2)cc1Cl. The zero-order valence-corrected chi connectivity index (χ0v) is 15.6. The summed E-state index contributed by atoms with van der Waals surface area (Å²) in [5, 5.41) is 4.40. The van der Waals surface area contributed by atoms with Crippen molar-refractivity contribution >= 4 is 28.9 Å². The zero-order valence-electron chi connectivity index (χ0n) is 14.1. The summed E-state index contributed by atoms with van der Waals surface area (Å²) in [7, 11) is 0. The molecule has 1 N–H and O–H groups in total. The molecule has 0 atom stereocenters. The van der Waals surface area contributed by atoms with E-state index in [1.807, 2.05) is 66.7 Å². The van der Waals surface area contributed by atoms with Crippen LogP contribution >= 0.6 is 23.2 Å². The third kappa shape index (κ3) is 5.58. The topological polar surface area (TPSA) is 30.5 Å². The fourth-order valence-electron chi connectivity index (χ4n) is 2.39. The molecule has 5 heteroatoms. The highest BCUT2D eigenvalue weighted by Gasteiger charge is 2.01. The van der Waals surface area contributed by atoms with Crippen LogP contribution in [-0.2, 0) is 6.54 Å². The maximum atomic E-state index is 6.03. The number of ether oxygens (including phenoxy) is 2. The number of benzene rings is 3. The van der Waals surface area contributed by atoms with Crippen LogP contribution in [0.25, 0.3) is 0 Å². The predicted molar refractivity (Wildman–Crippen MR) is 108 cm³/mol. The van der Waals surface area contributed by atoms with Crippen molar-refractivity contribution in [2.45, 2.75) is 6.54 Å². The van der Waals surface area contributed by atoms with Gasteiger partial charge < -0.3 is 14.8 Å². The van der Waals surface area contributed by atoms with E-state index in [-0.39, 0.29) is 0 Å². The normalized spacial score (nSPS) is 10.4. The van der Waals surface area contributed by atoms with Gasteiger partial charge in [0, 0.05) is 12.2 Å². The fraction of sp³-hybridized carbons (Fsp3) is 0.143. The molecule has 0 bridgehead atoms. The lowest BCUT2D eigenvalue weighted by Crippen LogP contribution is -2.09. The van der Waals surface area contributed by atoms with Gasteiger partial charge in [-0.25, -0.2) is 0 Å². The minimum absolute atomic E-state index is 0.485. The van der Waals surface area contributed by atoms with Crippen LogP contribution < -0.4 is 14.8 Å². The van der Waals surface area contributed by atoms with Crippen molar-refractivity contribution in [3.05, 3.63) is 88.4 Å². The van der Waals surface area contributed by atoms with Gasteiger partial charge in [-0.2, -0.15) is 0 Å². The third-order valence-corrected chi connectivity index (χ3v) is 4.42. The van der Waals surface area contributed by atoms with Crippen LogP contribution in [0.15, 0.2) is 72.8 Å². The van der Waals surface area contributed by atoms with Crippen LogP contribution in [0.2, 0.25) is 10.0 Å². The molecule has 0 saturated heterocycles. The molecule has 0 spiro atoms. The molecular weight excluding hydrogens is 369 g/mol. The molecule has 26 heavy (non-hydrogen) atoms. The standard InChI is InChI=1S/C21H19Cl2NO2/c22-20-10-9-17(14-21(20)23)24-15-16-5-4-8-19(13-16)26-12-11-25-18-6-2-1-3-7-18/h1-10,13-14,24H,11-12,15H2. The molecule has 0 heterocycles.